The number of ether oxygens (including phenoxy) is 5. The van der Waals surface area contributed by atoms with E-state index in [2.05, 4.69) is 87.3 Å². The van der Waals surface area contributed by atoms with Gasteiger partial charge in [0.05, 0.1) is 127 Å². The van der Waals surface area contributed by atoms with Crippen LogP contribution in [0, 0.1) is 0 Å². The van der Waals surface area contributed by atoms with E-state index in [9.17, 15) is 95.4 Å². The average molecular weight is 1890 g/mol. The number of alkyl halides is 9. The van der Waals surface area contributed by atoms with Crippen LogP contribution in [0.2, 0.25) is 0 Å². The van der Waals surface area contributed by atoms with Crippen molar-refractivity contribution in [2.75, 3.05) is 84.6 Å². The molecular weight excluding hydrogens is 1770 g/mol. The zero-order chi connectivity index (χ0) is 95.7. The topological polar surface area (TPSA) is 434 Å². The maximum absolute atomic E-state index is 13.0. The lowest BCUT2D eigenvalue weighted by Gasteiger charge is -2.16. The second-order valence-electron chi connectivity index (χ2n) is 33.2. The van der Waals surface area contributed by atoms with Crippen LogP contribution in [-0.4, -0.2) is 232 Å². The Bertz CT molecular complexity index is 4560. The normalized spacial score (nSPS) is 19.0. The van der Waals surface area contributed by atoms with Crippen LogP contribution < -0.4 is 5.48 Å². The molecule has 0 aromatic heterocycles. The monoisotopic (exact) mass is 1890 g/mol. The summed E-state index contributed by atoms with van der Waals surface area (Å²) < 4.78 is 143. The molecule has 0 radical (unpaired) electrons. The number of nitrogens with one attached hydrogen (secondary N) is 1. The molecule has 0 saturated heterocycles. The summed E-state index contributed by atoms with van der Waals surface area (Å²) in [5.74, 6) is 0.699. The fraction of sp³-hybridized carbons (Fsp3) is 0.582. The quantitative estimate of drug-likeness (QED) is 0.00958. The predicted molar refractivity (Wildman–Crippen MR) is 471 cm³/mol. The van der Waals surface area contributed by atoms with Crippen molar-refractivity contribution in [1.29, 1.82) is 0 Å². The van der Waals surface area contributed by atoms with Gasteiger partial charge in [0.1, 0.15) is 11.3 Å². The van der Waals surface area contributed by atoms with Crippen molar-refractivity contribution in [2.24, 2.45) is 56.1 Å². The first-order chi connectivity index (χ1) is 62.1. The lowest BCUT2D eigenvalue weighted by molar-refractivity contribution is -0.166. The van der Waals surface area contributed by atoms with Gasteiger partial charge in [-0.15, -0.1) is 30.7 Å². The Labute approximate surface area is 763 Å². The second kappa shape index (κ2) is 51.1. The van der Waals surface area contributed by atoms with Crippen molar-refractivity contribution in [2.45, 2.75) is 251 Å². The first-order valence-electron chi connectivity index (χ1n) is 43.4. The van der Waals surface area contributed by atoms with E-state index >= 15 is 0 Å². The minimum Gasteiger partial charge on any atom is -0.391 e. The summed E-state index contributed by atoms with van der Waals surface area (Å²) in [7, 11) is 3.09. The fourth-order valence-electron chi connectivity index (χ4n) is 12.9. The fourth-order valence-corrected chi connectivity index (χ4v) is 14.2. The molecule has 0 saturated carbocycles. The maximum Gasteiger partial charge on any atom is 0.442 e. The first-order valence-corrected chi connectivity index (χ1v) is 46.1. The highest BCUT2D eigenvalue weighted by Crippen LogP contribution is 2.55. The van der Waals surface area contributed by atoms with Gasteiger partial charge in [0.15, 0.2) is 0 Å². The van der Waals surface area contributed by atoms with E-state index in [1.165, 1.54) is 52.8 Å². The Morgan fingerprint density at radius 3 is 0.809 bits per heavy atom. The summed E-state index contributed by atoms with van der Waals surface area (Å²) in [6.07, 6.45) is -7.70. The largest absolute Gasteiger partial charge is 0.442 e. The highest BCUT2D eigenvalue weighted by molar-refractivity contribution is 8.76. The van der Waals surface area contributed by atoms with Gasteiger partial charge in [0.25, 0.3) is 0 Å². The van der Waals surface area contributed by atoms with Crippen molar-refractivity contribution >= 4 is 33.6 Å². The molecule has 29 nitrogen and oxygen atoms in total. The number of halogens is 9. The second-order valence-corrected chi connectivity index (χ2v) is 35.9. The Hall–Kier alpha value is -7.95. The molecule has 0 aliphatic carbocycles. The molecule has 131 heavy (non-hydrogen) atoms. The first kappa shape index (κ1) is 108. The summed E-state index contributed by atoms with van der Waals surface area (Å²) in [5, 5.41) is 141. The van der Waals surface area contributed by atoms with Gasteiger partial charge in [-0.25, -0.2) is 5.48 Å². The number of ketones is 1. The van der Waals surface area contributed by atoms with Gasteiger partial charge in [-0.3, -0.25) is 9.79 Å². The van der Waals surface area contributed by atoms with Gasteiger partial charge < -0.3 is 80.0 Å². The highest BCUT2D eigenvalue weighted by atomic mass is 33.1. The molecule has 6 heterocycles. The number of benzene rings is 6. The number of hydroxylamine groups is 1. The number of carbonyl (C=O) groups excluding carboxylic acids is 1. The van der Waals surface area contributed by atoms with Crippen LogP contribution in [0.15, 0.2) is 202 Å². The van der Waals surface area contributed by atoms with Gasteiger partial charge in [-0.2, -0.15) is 60.0 Å². The molecule has 11 unspecified atom stereocenters. The summed E-state index contributed by atoms with van der Waals surface area (Å²) in [6.45, 7) is 11.0. The highest BCUT2D eigenvalue weighted by Gasteiger charge is 2.67. The molecule has 0 fully saturated rings. The summed E-state index contributed by atoms with van der Waals surface area (Å²) in [4.78, 5) is 15.4. The number of Topliss-reactive ketones (excluding diaryl/α,β-unsaturated/α-hetero) is 1. The van der Waals surface area contributed by atoms with Crippen LogP contribution in [0.3, 0.4) is 0 Å². The number of nitrogens with zero attached hydrogens (tertiary/aromatic N) is 11. The van der Waals surface area contributed by atoms with Crippen LogP contribution in [0.25, 0.3) is 0 Å². The van der Waals surface area contributed by atoms with Crippen molar-refractivity contribution < 1.29 is 124 Å². The van der Waals surface area contributed by atoms with Crippen LogP contribution in [0.1, 0.15) is 166 Å². The van der Waals surface area contributed by atoms with Crippen LogP contribution in [0.5, 0.6) is 0 Å². The molecule has 722 valence electrons. The standard InChI is InChI=1S/C24H27F3N4O3.C19H28N2O4.C16H21F3N2O3S2.C16H21F3N2O3.C16H24N2O4/c1-22(28-29-22)18-8-2-16(3-9-18)6-12-20(32)14-34-15-21(33)13-7-17-4-10-19(11-5-17)23(30-31-23)24(25,26)27;1-3-16(22)10-11-18(24)13-25-12-17(23)9-6-14-4-7-15(8-5-14)19(2)20-21-19;1-25-26-10-14(23)9-24-8-13(22)7-4-11-2-5-12(6-3-11)15(20-21-15)16(17,18)19;1-2-13(22)9-24-10-14(23)8-5-11-3-6-12(7-4-11)15(20-21-15)16(17,18)19;1-16(11-17-16)13-5-2-12(3-6-13)4-7-14(19)9-22-10-15(20)8-18-21/h2-5,8-11,20-21,32-33H,6-7,12-15H2,1H3;4-5,7-8,17-18,23-24H,3,6,9-13H2,1-2H3;2-3,5-6,13-14,22-23H,4,7-10H2,1H3;3-4,6-7,13-14,22-23H,2,5,8-10H2,1H3;2-3,5-6,11,14-15,18-21H,4,7-10H2,1H3. The van der Waals surface area contributed by atoms with Crippen LogP contribution >= 0.6 is 21.6 Å². The van der Waals surface area contributed by atoms with E-state index < -0.39 is 102 Å². The Morgan fingerprint density at radius 2 is 0.588 bits per heavy atom. The molecule has 11 atom stereocenters. The molecular formula is C91H121F9N12O17S2. The lowest BCUT2D eigenvalue weighted by Crippen LogP contribution is -2.30. The number of aliphatic hydroxyl groups excluding tert-OH is 10. The Kier molecular flexibility index (Phi) is 42.3. The lowest BCUT2D eigenvalue weighted by atomic mass is 9.97. The van der Waals surface area contributed by atoms with Crippen molar-refractivity contribution in [3.8, 4) is 0 Å². The minimum absolute atomic E-state index is 0.00353. The Balaban J connectivity index is 0.000000204. The van der Waals surface area contributed by atoms with Gasteiger partial charge in [0.2, 0.25) is 11.3 Å². The number of aryl methyl sites for hydroxylation is 6. The van der Waals surface area contributed by atoms with E-state index in [0.29, 0.717) is 95.6 Å². The third-order valence-corrected chi connectivity index (χ3v) is 23.9. The number of carbonyl (C=O) groups is 1. The van der Waals surface area contributed by atoms with Gasteiger partial charge in [-0.05, 0) is 156 Å². The van der Waals surface area contributed by atoms with Crippen LogP contribution in [-0.2, 0) is 101 Å². The van der Waals surface area contributed by atoms with Gasteiger partial charge in [0, 0.05) is 59.2 Å². The van der Waals surface area contributed by atoms with Crippen molar-refractivity contribution in [3.05, 3.63) is 212 Å². The molecule has 0 spiro atoms. The molecule has 40 heteroatoms. The number of aliphatic imine (C=N–C) groups is 1. The molecule has 0 amide bonds. The number of rotatable bonds is 54. The average Bonchev–Trinajstić information content (AvgIpc) is 1.59. The molecule has 0 bridgehead atoms. The summed E-state index contributed by atoms with van der Waals surface area (Å²) >= 11 is 0. The van der Waals surface area contributed by atoms with E-state index in [-0.39, 0.29) is 106 Å². The summed E-state index contributed by atoms with van der Waals surface area (Å²) in [5.41, 5.74) is 2.94. The van der Waals surface area contributed by atoms with E-state index in [1.807, 2.05) is 94.2 Å². The third-order valence-electron chi connectivity index (χ3n) is 22.0. The van der Waals surface area contributed by atoms with E-state index in [4.69, 9.17) is 28.9 Å². The molecule has 12 N–H and O–H groups in total. The van der Waals surface area contributed by atoms with Gasteiger partial charge in [-0.1, -0.05) is 181 Å². The maximum atomic E-state index is 13.0. The molecule has 12 rings (SSSR count). The number of aliphatic hydroxyl groups is 10. The minimum atomic E-state index is -4.54. The van der Waals surface area contributed by atoms with Crippen molar-refractivity contribution in [3.63, 3.8) is 0 Å². The zero-order valence-electron chi connectivity index (χ0n) is 74.0. The third kappa shape index (κ3) is 36.0. The van der Waals surface area contributed by atoms with Gasteiger partial charge >= 0.3 is 35.5 Å². The molecule has 6 aromatic rings. The summed E-state index contributed by atoms with van der Waals surface area (Å²) in [6, 6.07) is 42.1. The smallest absolute Gasteiger partial charge is 0.391 e. The molecule has 6 aliphatic rings. The Morgan fingerprint density at radius 1 is 0.351 bits per heavy atom. The SMILES string of the molecule is CC1(c2ccc(CCC(O)COCC(O)CCc3ccc(C4(C(F)(F)F)N=N4)cc3)cc2)N=N1.CC1(c2ccc(CCC(O)COCC(O)CNO)cc2)C=N1.CCC(=O)CCC(O)COCC(O)CCc1ccc(C2(C)N=N2)cc1.CCC(O)COCC(O)CCc1ccc(C2(C(F)(F)F)N=N2)cc1.CSSCC(O)COCC(O)CCc1ccc(C2(C(F)(F)F)N=N2)cc1. The molecule has 6 aromatic carbocycles. The van der Waals surface area contributed by atoms with E-state index in [1.54, 1.807) is 47.2 Å². The van der Waals surface area contributed by atoms with Crippen molar-refractivity contribution in [1.82, 2.24) is 5.48 Å². The zero-order valence-corrected chi connectivity index (χ0v) is 75.6. The van der Waals surface area contributed by atoms with Crippen LogP contribution in [0.4, 0.5) is 39.5 Å². The number of hydrogen-bond donors (Lipinski definition) is 12. The number of hydrogen-bond acceptors (Lipinski definition) is 31. The predicted octanol–water partition coefficient (Wildman–Crippen LogP) is 14.7. The molecule has 6 aliphatic heterocycles. The van der Waals surface area contributed by atoms with E-state index in [0.717, 1.165) is 57.3 Å².